The maximum absolute atomic E-state index is 9.20. The lowest BCUT2D eigenvalue weighted by Crippen LogP contribution is -2.39. The van der Waals surface area contributed by atoms with Gasteiger partial charge < -0.3 is 20.3 Å². The third-order valence-corrected chi connectivity index (χ3v) is 6.39. The highest BCUT2D eigenvalue weighted by molar-refractivity contribution is 5.98. The van der Waals surface area contributed by atoms with Gasteiger partial charge in [-0.15, -0.1) is 0 Å². The zero-order chi connectivity index (χ0) is 24.2. The zero-order valence-corrected chi connectivity index (χ0v) is 19.8. The molecule has 0 unspecified atom stereocenters. The number of fused-ring (bicyclic) bond motifs is 1. The van der Waals surface area contributed by atoms with Gasteiger partial charge in [-0.2, -0.15) is 5.26 Å². The molecule has 0 amide bonds. The monoisotopic (exact) mass is 465 g/mol. The van der Waals surface area contributed by atoms with Crippen LogP contribution in [0.4, 0.5) is 17.5 Å². The topological polar surface area (TPSA) is 99.0 Å². The Balaban J connectivity index is 1.42. The number of rotatable bonds is 6. The molecule has 8 nitrogen and oxygen atoms in total. The minimum Gasteiger partial charge on any atom is -0.497 e. The summed E-state index contributed by atoms with van der Waals surface area (Å²) < 4.78 is 5.50. The number of hydrogen-bond donors (Lipinski definition) is 2. The molecule has 35 heavy (non-hydrogen) atoms. The fourth-order valence-electron chi connectivity index (χ4n) is 4.50. The van der Waals surface area contributed by atoms with Crippen molar-refractivity contribution in [3.8, 4) is 23.1 Å². The molecule has 0 atom stereocenters. The number of nitriles is 1. The predicted molar refractivity (Wildman–Crippen MR) is 139 cm³/mol. The molecule has 1 saturated heterocycles. The van der Waals surface area contributed by atoms with Crippen molar-refractivity contribution in [2.75, 3.05) is 42.8 Å². The van der Waals surface area contributed by atoms with Crippen molar-refractivity contribution in [1.82, 2.24) is 15.0 Å². The summed E-state index contributed by atoms with van der Waals surface area (Å²) in [5.41, 5.74) is 3.59. The first-order valence-electron chi connectivity index (χ1n) is 11.7. The van der Waals surface area contributed by atoms with Gasteiger partial charge in [-0.05, 0) is 60.7 Å². The second-order valence-electron chi connectivity index (χ2n) is 8.55. The van der Waals surface area contributed by atoms with Gasteiger partial charge in [0.05, 0.1) is 24.4 Å². The Morgan fingerprint density at radius 3 is 2.63 bits per heavy atom. The number of piperidine rings is 1. The number of nitrogens with zero attached hydrogens (tertiary/aromatic N) is 5. The van der Waals surface area contributed by atoms with Crippen LogP contribution >= 0.6 is 0 Å². The van der Waals surface area contributed by atoms with E-state index in [1.165, 1.54) is 0 Å². The summed E-state index contributed by atoms with van der Waals surface area (Å²) in [7, 11) is 3.51. The third kappa shape index (κ3) is 4.80. The summed E-state index contributed by atoms with van der Waals surface area (Å²) >= 11 is 0. The van der Waals surface area contributed by atoms with Crippen LogP contribution in [0.1, 0.15) is 18.4 Å². The summed E-state index contributed by atoms with van der Waals surface area (Å²) in [4.78, 5) is 15.6. The number of benzene rings is 2. The van der Waals surface area contributed by atoms with Crippen LogP contribution < -0.4 is 20.3 Å². The van der Waals surface area contributed by atoms with Gasteiger partial charge in [-0.3, -0.25) is 0 Å². The van der Waals surface area contributed by atoms with Gasteiger partial charge in [0.25, 0.3) is 0 Å². The molecule has 0 saturated carbocycles. The number of aromatic nitrogens is 3. The number of anilines is 3. The zero-order valence-electron chi connectivity index (χ0n) is 19.8. The molecule has 1 fully saturated rings. The molecule has 0 radical (unpaired) electrons. The molecule has 0 bridgehead atoms. The van der Waals surface area contributed by atoms with Gasteiger partial charge in [0.15, 0.2) is 0 Å². The molecule has 0 spiro atoms. The standard InChI is InChI=1S/C27H27N7O/c1-29-27-31-10-6-24(33-27)20-14-19-3-4-22(35-2)16-23(19)25(15-20)32-21-7-11-34(12-8-21)26-13-18(17-28)5-9-30-26/h3-6,9-10,13-16,21,32H,7-8,11-12H2,1-2H3,(H,29,31,33). The summed E-state index contributed by atoms with van der Waals surface area (Å²) in [5.74, 6) is 2.28. The number of hydrogen-bond acceptors (Lipinski definition) is 8. The highest BCUT2D eigenvalue weighted by Gasteiger charge is 2.21. The summed E-state index contributed by atoms with van der Waals surface area (Å²) in [6.45, 7) is 1.75. The molecule has 3 heterocycles. The Labute approximate surface area is 204 Å². The van der Waals surface area contributed by atoms with E-state index in [1.807, 2.05) is 25.2 Å². The molecular weight excluding hydrogens is 438 g/mol. The smallest absolute Gasteiger partial charge is 0.222 e. The Hall–Kier alpha value is -4.38. The molecular formula is C27H27N7O. The molecule has 8 heteroatoms. The normalized spacial score (nSPS) is 13.9. The first-order valence-corrected chi connectivity index (χ1v) is 11.7. The first kappa shape index (κ1) is 22.4. The lowest BCUT2D eigenvalue weighted by atomic mass is 9.99. The molecule has 2 N–H and O–H groups in total. The van der Waals surface area contributed by atoms with E-state index < -0.39 is 0 Å². The molecule has 1 aliphatic heterocycles. The lowest BCUT2D eigenvalue weighted by Gasteiger charge is -2.34. The second kappa shape index (κ2) is 9.85. The Morgan fingerprint density at radius 1 is 1.03 bits per heavy atom. The SMILES string of the molecule is CNc1nccc(-c2cc(NC3CCN(c4cc(C#N)ccn4)CC3)c3cc(OC)ccc3c2)n1. The Morgan fingerprint density at radius 2 is 1.86 bits per heavy atom. The Bertz CT molecular complexity index is 1390. The van der Waals surface area contributed by atoms with Crippen molar-refractivity contribution in [3.05, 3.63) is 66.5 Å². The molecule has 0 aliphatic carbocycles. The summed E-state index contributed by atoms with van der Waals surface area (Å²) in [5, 5.41) is 18.2. The highest BCUT2D eigenvalue weighted by atomic mass is 16.5. The quantitative estimate of drug-likeness (QED) is 0.423. The fraction of sp³-hybridized carbons (Fsp3) is 0.259. The lowest BCUT2D eigenvalue weighted by molar-refractivity contribution is 0.415. The van der Waals surface area contributed by atoms with E-state index in [1.54, 1.807) is 25.6 Å². The molecule has 1 aliphatic rings. The van der Waals surface area contributed by atoms with E-state index in [4.69, 9.17) is 4.74 Å². The van der Waals surface area contributed by atoms with Crippen molar-refractivity contribution < 1.29 is 4.74 Å². The van der Waals surface area contributed by atoms with Gasteiger partial charge in [0, 0.05) is 55.2 Å². The number of nitrogens with one attached hydrogen (secondary N) is 2. The predicted octanol–water partition coefficient (Wildman–Crippen LogP) is 4.69. The molecule has 5 rings (SSSR count). The first-order chi connectivity index (χ1) is 17.2. The van der Waals surface area contributed by atoms with Crippen molar-refractivity contribution >= 4 is 28.2 Å². The van der Waals surface area contributed by atoms with E-state index in [0.717, 1.165) is 65.2 Å². The minimum absolute atomic E-state index is 0.313. The van der Waals surface area contributed by atoms with Gasteiger partial charge in [0.2, 0.25) is 5.95 Å². The van der Waals surface area contributed by atoms with E-state index in [2.05, 4.69) is 60.8 Å². The van der Waals surface area contributed by atoms with Crippen molar-refractivity contribution in [2.24, 2.45) is 0 Å². The highest BCUT2D eigenvalue weighted by Crippen LogP contribution is 2.34. The van der Waals surface area contributed by atoms with Gasteiger partial charge >= 0.3 is 0 Å². The van der Waals surface area contributed by atoms with E-state index in [-0.39, 0.29) is 0 Å². The minimum atomic E-state index is 0.313. The van der Waals surface area contributed by atoms with Crippen LogP contribution in [0.15, 0.2) is 60.9 Å². The van der Waals surface area contributed by atoms with Gasteiger partial charge in [-0.1, -0.05) is 6.07 Å². The fourth-order valence-corrected chi connectivity index (χ4v) is 4.50. The van der Waals surface area contributed by atoms with Gasteiger partial charge in [-0.25, -0.2) is 15.0 Å². The summed E-state index contributed by atoms with van der Waals surface area (Å²) in [6.07, 6.45) is 5.40. The molecule has 4 aromatic rings. The summed E-state index contributed by atoms with van der Waals surface area (Å²) in [6, 6.07) is 18.5. The van der Waals surface area contributed by atoms with Crippen LogP contribution in [-0.2, 0) is 0 Å². The third-order valence-electron chi connectivity index (χ3n) is 6.39. The average molecular weight is 466 g/mol. The maximum Gasteiger partial charge on any atom is 0.222 e. The molecule has 176 valence electrons. The largest absolute Gasteiger partial charge is 0.497 e. The number of pyridine rings is 1. The van der Waals surface area contributed by atoms with Crippen LogP contribution in [-0.4, -0.2) is 48.2 Å². The van der Waals surface area contributed by atoms with Crippen LogP contribution in [0.25, 0.3) is 22.0 Å². The average Bonchev–Trinajstić information content (AvgIpc) is 2.93. The van der Waals surface area contributed by atoms with Crippen LogP contribution in [0.2, 0.25) is 0 Å². The number of methoxy groups -OCH3 is 1. The second-order valence-corrected chi connectivity index (χ2v) is 8.55. The van der Waals surface area contributed by atoms with Crippen LogP contribution in [0, 0.1) is 11.3 Å². The molecule has 2 aromatic heterocycles. The van der Waals surface area contributed by atoms with Crippen molar-refractivity contribution in [3.63, 3.8) is 0 Å². The van der Waals surface area contributed by atoms with E-state index in [0.29, 0.717) is 17.6 Å². The number of ether oxygens (including phenoxy) is 1. The van der Waals surface area contributed by atoms with Crippen LogP contribution in [0.3, 0.4) is 0 Å². The maximum atomic E-state index is 9.20. The van der Waals surface area contributed by atoms with E-state index >= 15 is 0 Å². The Kier molecular flexibility index (Phi) is 6.31. The molecule has 2 aromatic carbocycles. The van der Waals surface area contributed by atoms with Crippen molar-refractivity contribution in [1.29, 1.82) is 5.26 Å². The van der Waals surface area contributed by atoms with E-state index in [9.17, 15) is 5.26 Å². The van der Waals surface area contributed by atoms with Crippen molar-refractivity contribution in [2.45, 2.75) is 18.9 Å². The van der Waals surface area contributed by atoms with Gasteiger partial charge in [0.1, 0.15) is 11.6 Å². The van der Waals surface area contributed by atoms with Crippen LogP contribution in [0.5, 0.6) is 5.75 Å².